The van der Waals surface area contributed by atoms with E-state index in [-0.39, 0.29) is 6.61 Å². The Morgan fingerprint density at radius 2 is 2.10 bits per heavy atom. The number of hydrogen-bond donors (Lipinski definition) is 4. The van der Waals surface area contributed by atoms with E-state index in [1.165, 1.54) is 25.7 Å². The second kappa shape index (κ2) is 7.65. The molecule has 0 aliphatic carbocycles. The molecule has 0 bridgehead atoms. The van der Waals surface area contributed by atoms with Gasteiger partial charge >= 0.3 is 183 Å². The van der Waals surface area contributed by atoms with Crippen LogP contribution in [0.1, 0.15) is 0 Å². The van der Waals surface area contributed by atoms with Crippen LogP contribution in [0.5, 0.6) is 0 Å². The van der Waals surface area contributed by atoms with Crippen LogP contribution in [0.3, 0.4) is 0 Å². The number of thioether (sulfide) groups is 1. The van der Waals surface area contributed by atoms with Gasteiger partial charge in [-0.05, 0) is 0 Å². The summed E-state index contributed by atoms with van der Waals surface area (Å²) >= 11 is 7.48. The van der Waals surface area contributed by atoms with Crippen LogP contribution in [0.4, 0.5) is 17.3 Å². The zero-order valence-corrected chi connectivity index (χ0v) is 18.4. The normalized spacial score (nSPS) is 32.9. The number of hydrogen-bond acceptors (Lipinski definition) is 11. The van der Waals surface area contributed by atoms with Crippen LogP contribution in [0.15, 0.2) is 35.5 Å². The zero-order valence-electron chi connectivity index (χ0n) is 15.8. The third-order valence-electron chi connectivity index (χ3n) is 5.14. The first-order valence-electron chi connectivity index (χ1n) is 9.28. The number of aliphatic hydroxyl groups is 1. The standard InChI is InChI=1S/C16H20BClN5O5PS/c17-29(25)26-5-9-12(28-29)11(24)15(27-9)23-14-10(13(19)20-6-21-14)22-16(23)30-8-3-1-7(18)2-4-8/h1-4,6,9,11-12,15-16,22,24-25,29H,5,17H2,(H2,19,20,21)/t9?,11?,12-,15?,16?/m1/s1. The minimum absolute atomic E-state index is 0.145. The Morgan fingerprint density at radius 1 is 1.33 bits per heavy atom. The summed E-state index contributed by atoms with van der Waals surface area (Å²) in [5, 5.41) is 15.0. The maximum atomic E-state index is 11.0. The quantitative estimate of drug-likeness (QED) is 0.369. The number of benzene rings is 1. The van der Waals surface area contributed by atoms with Crippen LogP contribution in [-0.2, 0) is 13.8 Å². The first-order chi connectivity index (χ1) is 14.3. The molecule has 1 aromatic heterocycles. The molecule has 0 spiro atoms. The molecule has 0 radical (unpaired) electrons. The molecule has 0 saturated carbocycles. The molecule has 1 aromatic carbocycles. The summed E-state index contributed by atoms with van der Waals surface area (Å²) in [7, 11) is -1.77. The van der Waals surface area contributed by atoms with Crippen molar-refractivity contribution < 1.29 is 23.8 Å². The van der Waals surface area contributed by atoms with Gasteiger partial charge in [-0.2, -0.15) is 0 Å². The zero-order chi connectivity index (χ0) is 21.0. The molecule has 0 amide bonds. The van der Waals surface area contributed by atoms with Gasteiger partial charge in [0.15, 0.2) is 0 Å². The van der Waals surface area contributed by atoms with E-state index in [0.717, 1.165) is 4.90 Å². The third-order valence-corrected chi connectivity index (χ3v) is 7.91. The van der Waals surface area contributed by atoms with Gasteiger partial charge in [-0.15, -0.1) is 0 Å². The first kappa shape index (κ1) is 20.5. The number of nitrogens with zero attached hydrogens (tertiary/aromatic N) is 3. The first-order valence-corrected chi connectivity index (χ1v) is 12.8. The number of aromatic nitrogens is 2. The molecule has 2 aromatic rings. The third kappa shape index (κ3) is 3.61. The van der Waals surface area contributed by atoms with Crippen molar-refractivity contribution in [3.05, 3.63) is 35.6 Å². The molecule has 3 aliphatic rings. The van der Waals surface area contributed by atoms with Crippen molar-refractivity contribution in [2.45, 2.75) is 34.9 Å². The van der Waals surface area contributed by atoms with Gasteiger partial charge in [0.25, 0.3) is 0 Å². The summed E-state index contributed by atoms with van der Waals surface area (Å²) in [5.74, 6) is 0.811. The van der Waals surface area contributed by atoms with E-state index < -0.39 is 37.9 Å². The van der Waals surface area contributed by atoms with Gasteiger partial charge in [-0.1, -0.05) is 0 Å². The summed E-state index contributed by atoms with van der Waals surface area (Å²) in [4.78, 5) is 21.4. The van der Waals surface area contributed by atoms with Gasteiger partial charge in [-0.3, -0.25) is 0 Å². The van der Waals surface area contributed by atoms with Crippen molar-refractivity contribution >= 4 is 56.1 Å². The Kier molecular flexibility index (Phi) is 5.23. The van der Waals surface area contributed by atoms with E-state index in [4.69, 9.17) is 31.1 Å². The van der Waals surface area contributed by atoms with Crippen LogP contribution >= 0.6 is 31.2 Å². The predicted octanol–water partition coefficient (Wildman–Crippen LogP) is 0.556. The maximum absolute atomic E-state index is 11.0. The molecule has 4 unspecified atom stereocenters. The number of ether oxygens (including phenoxy) is 1. The Balaban J connectivity index is 1.47. The molecule has 2 fully saturated rings. The summed E-state index contributed by atoms with van der Waals surface area (Å²) < 4.78 is 17.1. The van der Waals surface area contributed by atoms with Crippen molar-refractivity contribution in [2.75, 3.05) is 22.6 Å². The van der Waals surface area contributed by atoms with Gasteiger partial charge in [0.1, 0.15) is 0 Å². The van der Waals surface area contributed by atoms with E-state index in [1.54, 1.807) is 12.1 Å². The summed E-state index contributed by atoms with van der Waals surface area (Å²) in [5.41, 5.74) is 6.23. The molecule has 5 atom stereocenters. The van der Waals surface area contributed by atoms with Crippen molar-refractivity contribution in [3.63, 3.8) is 0 Å². The van der Waals surface area contributed by atoms with Crippen molar-refractivity contribution in [1.82, 2.24) is 9.97 Å². The Hall–Kier alpha value is -1.37. The fourth-order valence-electron chi connectivity index (χ4n) is 3.76. The molecule has 10 nitrogen and oxygen atoms in total. The van der Waals surface area contributed by atoms with Crippen molar-refractivity contribution in [2.24, 2.45) is 0 Å². The van der Waals surface area contributed by atoms with Gasteiger partial charge in [0.2, 0.25) is 0 Å². The molecule has 5 rings (SSSR count). The Morgan fingerprint density at radius 3 is 2.87 bits per heavy atom. The number of anilines is 3. The summed E-state index contributed by atoms with van der Waals surface area (Å²) in [6, 6.07) is 7.41. The van der Waals surface area contributed by atoms with E-state index in [9.17, 15) is 10.00 Å². The SMILES string of the molecule is B[PH]1(O)OCC2OC(N3c4ncnc(N)c4NC3Sc3ccc(Cl)cc3)C(O)[C@@H]2O1. The van der Waals surface area contributed by atoms with E-state index in [1.807, 2.05) is 17.0 Å². The summed E-state index contributed by atoms with van der Waals surface area (Å²) in [6.45, 7) is 0.145. The average molecular weight is 472 g/mol. The van der Waals surface area contributed by atoms with Crippen LogP contribution in [-0.4, -0.2) is 64.2 Å². The molecule has 2 saturated heterocycles. The number of halogens is 1. The van der Waals surface area contributed by atoms with E-state index >= 15 is 0 Å². The molecular weight excluding hydrogens is 452 g/mol. The van der Waals surface area contributed by atoms with Gasteiger partial charge in [0.05, 0.1) is 0 Å². The number of nitrogens with two attached hydrogens (primary N) is 1. The number of nitrogens with one attached hydrogen (secondary N) is 1. The van der Waals surface area contributed by atoms with Crippen molar-refractivity contribution in [1.29, 1.82) is 0 Å². The van der Waals surface area contributed by atoms with Crippen molar-refractivity contribution in [3.8, 4) is 0 Å². The summed E-state index contributed by atoms with van der Waals surface area (Å²) in [6.07, 6.45) is -1.67. The second-order valence-electron chi connectivity index (χ2n) is 7.28. The Bertz CT molecular complexity index is 962. The average Bonchev–Trinajstić information content (AvgIpc) is 3.21. The molecule has 4 heterocycles. The van der Waals surface area contributed by atoms with Crippen LogP contribution in [0.2, 0.25) is 5.02 Å². The van der Waals surface area contributed by atoms with E-state index in [0.29, 0.717) is 22.3 Å². The van der Waals surface area contributed by atoms with Crippen LogP contribution in [0, 0.1) is 0 Å². The van der Waals surface area contributed by atoms with Gasteiger partial charge in [-0.25, -0.2) is 0 Å². The van der Waals surface area contributed by atoms with Gasteiger partial charge in [0, 0.05) is 0 Å². The minimum atomic E-state index is -3.29. The number of rotatable bonds is 3. The number of fused-ring (bicyclic) bond motifs is 2. The molecule has 160 valence electrons. The number of nitrogen functional groups attached to an aromatic ring is 1. The molecule has 5 N–H and O–H groups in total. The monoisotopic (exact) mass is 471 g/mol. The number of aliphatic hydroxyl groups excluding tert-OH is 1. The molecule has 14 heteroatoms. The molecule has 30 heavy (non-hydrogen) atoms. The topological polar surface area (TPSA) is 135 Å². The molecule has 3 aliphatic heterocycles. The van der Waals surface area contributed by atoms with Crippen LogP contribution in [0.25, 0.3) is 0 Å². The molecular formula is C16H20BClN5O5PS. The van der Waals surface area contributed by atoms with E-state index in [2.05, 4.69) is 15.3 Å². The fourth-order valence-corrected chi connectivity index (χ4v) is 6.29. The predicted molar refractivity (Wildman–Crippen MR) is 118 cm³/mol. The second-order valence-corrected chi connectivity index (χ2v) is 11.2. The van der Waals surface area contributed by atoms with Gasteiger partial charge < -0.3 is 0 Å². The Labute approximate surface area is 183 Å². The fraction of sp³-hybridized carbons (Fsp3) is 0.375. The van der Waals surface area contributed by atoms with Crippen LogP contribution < -0.4 is 16.0 Å².